The maximum Gasteiger partial charge on any atom is 1.00 e. The predicted octanol–water partition coefficient (Wildman–Crippen LogP) is 3.01. The van der Waals surface area contributed by atoms with Crippen LogP contribution in [-0.4, -0.2) is 69.4 Å². The van der Waals surface area contributed by atoms with Gasteiger partial charge >= 0.3 is 35.5 Å². The molecule has 1 amide bonds. The second-order valence-electron chi connectivity index (χ2n) is 11.4. The Hall–Kier alpha value is -4.12. The number of Topliss-reactive ketones (excluding diaryl/α,β-unsaturated/α-hetero) is 1. The Balaban J connectivity index is 0.00000250. The smallest absolute Gasteiger partial charge is 1.00 e. The number of likely N-dealkylation sites (tertiary alicyclic amines) is 1. The first kappa shape index (κ1) is 33.2. The molecular weight excluding hydrogens is 597 g/mol. The first-order valence-corrected chi connectivity index (χ1v) is 15.1. The second kappa shape index (κ2) is 13.7. The molecule has 2 aliphatic rings. The van der Waals surface area contributed by atoms with Crippen LogP contribution in [0, 0.1) is 0 Å². The van der Waals surface area contributed by atoms with Gasteiger partial charge in [-0.25, -0.2) is 4.79 Å². The molecule has 0 saturated carbocycles. The molecule has 1 aromatic heterocycles. The predicted molar refractivity (Wildman–Crippen MR) is 168 cm³/mol. The molecule has 11 heteroatoms. The van der Waals surface area contributed by atoms with Gasteiger partial charge in [-0.3, -0.25) is 14.3 Å². The van der Waals surface area contributed by atoms with Crippen molar-refractivity contribution >= 4 is 17.7 Å². The number of benzene rings is 3. The van der Waals surface area contributed by atoms with Crippen molar-refractivity contribution < 1.29 is 64.7 Å². The van der Waals surface area contributed by atoms with Crippen LogP contribution in [0.5, 0.6) is 17.2 Å². The van der Waals surface area contributed by atoms with Gasteiger partial charge < -0.3 is 25.6 Å². The van der Waals surface area contributed by atoms with Crippen LogP contribution in [0.2, 0.25) is 0 Å². The summed E-state index contributed by atoms with van der Waals surface area (Å²) in [6.45, 7) is 5.50. The molecule has 234 valence electrons. The molecule has 0 radical (unpaired) electrons. The van der Waals surface area contributed by atoms with Gasteiger partial charge in [0.05, 0.1) is 42.5 Å². The Labute approximate surface area is 291 Å². The van der Waals surface area contributed by atoms with Gasteiger partial charge in [0.25, 0.3) is 5.91 Å². The van der Waals surface area contributed by atoms with E-state index in [9.17, 15) is 19.5 Å². The molecule has 1 fully saturated rings. The summed E-state index contributed by atoms with van der Waals surface area (Å²) < 4.78 is 20.2. The van der Waals surface area contributed by atoms with Crippen molar-refractivity contribution in [1.29, 1.82) is 0 Å². The molecule has 1 spiro atoms. The summed E-state index contributed by atoms with van der Waals surface area (Å²) in [5.41, 5.74) is 3.50. The minimum absolute atomic E-state index is 0. The first-order valence-electron chi connectivity index (χ1n) is 15.1. The number of rotatable bonds is 8. The van der Waals surface area contributed by atoms with Crippen LogP contribution in [0.3, 0.4) is 0 Å². The molecule has 1 N–H and O–H groups in total. The summed E-state index contributed by atoms with van der Waals surface area (Å²) in [5, 5.41) is 13.6. The van der Waals surface area contributed by atoms with Crippen LogP contribution in [0.15, 0.2) is 67.0 Å². The van der Waals surface area contributed by atoms with E-state index in [2.05, 4.69) is 5.10 Å². The number of ketones is 1. The van der Waals surface area contributed by atoms with Crippen LogP contribution in [0.25, 0.3) is 22.3 Å². The number of nitrogens with zero attached hydrogens (tertiary/aromatic N) is 3. The third kappa shape index (κ3) is 6.56. The zero-order valence-electron chi connectivity index (χ0n) is 27.5. The Bertz CT molecular complexity index is 1770. The maximum atomic E-state index is 13.8. The average molecular weight is 634 g/mol. The summed E-state index contributed by atoms with van der Waals surface area (Å²) in [6, 6.07) is 15.5. The number of carbonyl (C=O) groups excluding carboxylic acids is 2. The number of carboxylic acid groups (broad SMARTS) is 1. The van der Waals surface area contributed by atoms with E-state index in [-0.39, 0.29) is 54.7 Å². The molecule has 3 aromatic carbocycles. The monoisotopic (exact) mass is 633 g/mol. The summed E-state index contributed by atoms with van der Waals surface area (Å²) in [6.07, 6.45) is 4.86. The Kier molecular flexibility index (Phi) is 9.91. The third-order valence-corrected chi connectivity index (χ3v) is 8.40. The van der Waals surface area contributed by atoms with Crippen molar-refractivity contribution in [2.45, 2.75) is 38.7 Å². The van der Waals surface area contributed by atoms with E-state index >= 15 is 0 Å². The Morgan fingerprint density at radius 1 is 0.957 bits per heavy atom. The minimum Gasteiger partial charge on any atom is -1.00 e. The molecule has 46 heavy (non-hydrogen) atoms. The number of hydrogen-bond acceptors (Lipinski definition) is 7. The second-order valence-corrected chi connectivity index (χ2v) is 11.4. The molecule has 6 rings (SSSR count). The number of carboxylic acids is 1. The molecule has 2 aliphatic heterocycles. The van der Waals surface area contributed by atoms with E-state index in [1.807, 2.05) is 39.2 Å². The maximum absolute atomic E-state index is 13.8. The van der Waals surface area contributed by atoms with Gasteiger partial charge in [0.2, 0.25) is 0 Å². The van der Waals surface area contributed by atoms with Gasteiger partial charge in [-0.05, 0) is 61.4 Å². The molecule has 10 nitrogen and oxygen atoms in total. The van der Waals surface area contributed by atoms with Gasteiger partial charge in [-0.2, -0.15) is 5.10 Å². The van der Waals surface area contributed by atoms with Gasteiger partial charge in [-0.15, -0.1) is 0 Å². The number of hydrogen-bond donors (Lipinski definition) is 1. The van der Waals surface area contributed by atoms with Crippen molar-refractivity contribution in [1.82, 2.24) is 14.7 Å². The van der Waals surface area contributed by atoms with Crippen LogP contribution in [0.4, 0.5) is 0 Å². The summed E-state index contributed by atoms with van der Waals surface area (Å²) in [5.74, 6) is 0.451. The molecule has 0 unspecified atom stereocenters. The zero-order valence-corrected chi connectivity index (χ0v) is 28.5. The van der Waals surface area contributed by atoms with Crippen LogP contribution >= 0.6 is 0 Å². The number of aryl methyl sites for hydroxylation is 1. The molecular formula is C35H36N3NaO7. The van der Waals surface area contributed by atoms with Gasteiger partial charge in [-0.1, -0.05) is 18.2 Å². The van der Waals surface area contributed by atoms with E-state index in [1.54, 1.807) is 52.2 Å². The first-order chi connectivity index (χ1) is 21.7. The fourth-order valence-electron chi connectivity index (χ4n) is 6.17. The van der Waals surface area contributed by atoms with Crippen molar-refractivity contribution in [3.05, 3.63) is 83.7 Å². The molecule has 0 atom stereocenters. The number of ether oxygens (including phenoxy) is 3. The SMILES string of the molecule is CCOc1cc(C(=O)N2CCC3(CC2)CC(=O)c2cc(-c4cccc(C(=O)O)c4)ccc2O3)cc(OCC)c1-c1cnn(C)c1.[H-].[Na+]. The average Bonchev–Trinajstić information content (AvgIpc) is 3.46. The summed E-state index contributed by atoms with van der Waals surface area (Å²) in [4.78, 5) is 40.4. The Morgan fingerprint density at radius 3 is 2.24 bits per heavy atom. The number of fused-ring (bicyclic) bond motifs is 1. The fraction of sp³-hybridized carbons (Fsp3) is 0.314. The standard InChI is InChI=1S/C35H35N3O7.Na.H/c1-4-43-30-17-25(18-31(44-5-2)32(30)26-20-36-37(3)21-26)33(40)38-13-11-35(12-14-38)19-28(39)27-16-23(9-10-29(27)45-35)22-7-6-8-24(15-22)34(41)42;;/h6-10,15-18,20-21H,4-5,11-14,19H2,1-3H3,(H,41,42);;/q;+1;-1. The zero-order chi connectivity index (χ0) is 31.7. The van der Waals surface area contributed by atoms with Crippen molar-refractivity contribution in [3.8, 4) is 39.5 Å². The molecule has 0 aliphatic carbocycles. The summed E-state index contributed by atoms with van der Waals surface area (Å²) >= 11 is 0. The van der Waals surface area contributed by atoms with E-state index in [0.717, 1.165) is 16.7 Å². The third-order valence-electron chi connectivity index (χ3n) is 8.40. The molecule has 0 bridgehead atoms. The number of amides is 1. The quantitative estimate of drug-likeness (QED) is 0.294. The number of piperidine rings is 1. The van der Waals surface area contributed by atoms with Crippen LogP contribution in [-0.2, 0) is 7.05 Å². The van der Waals surface area contributed by atoms with Crippen LogP contribution in [0.1, 0.15) is 65.6 Å². The van der Waals surface area contributed by atoms with E-state index in [4.69, 9.17) is 14.2 Å². The van der Waals surface area contributed by atoms with E-state index in [0.29, 0.717) is 73.1 Å². The minimum atomic E-state index is -1.01. The van der Waals surface area contributed by atoms with Gasteiger partial charge in [0, 0.05) is 50.3 Å². The van der Waals surface area contributed by atoms with Crippen LogP contribution < -0.4 is 43.8 Å². The van der Waals surface area contributed by atoms with Crippen molar-refractivity contribution in [2.24, 2.45) is 7.05 Å². The van der Waals surface area contributed by atoms with Crippen molar-refractivity contribution in [2.75, 3.05) is 26.3 Å². The normalized spacial score (nSPS) is 15.0. The van der Waals surface area contributed by atoms with Gasteiger partial charge in [0.1, 0.15) is 22.8 Å². The molecule has 3 heterocycles. The van der Waals surface area contributed by atoms with E-state index in [1.165, 1.54) is 6.07 Å². The number of aromatic carboxylic acids is 1. The van der Waals surface area contributed by atoms with E-state index < -0.39 is 11.6 Å². The summed E-state index contributed by atoms with van der Waals surface area (Å²) in [7, 11) is 1.84. The fourth-order valence-corrected chi connectivity index (χ4v) is 6.17. The number of carbonyl (C=O) groups is 3. The van der Waals surface area contributed by atoms with Gasteiger partial charge in [0.15, 0.2) is 5.78 Å². The molecule has 1 saturated heterocycles. The van der Waals surface area contributed by atoms with Crippen molar-refractivity contribution in [3.63, 3.8) is 0 Å². The Morgan fingerprint density at radius 2 is 1.63 bits per heavy atom. The largest absolute Gasteiger partial charge is 1.00 e. The topological polar surface area (TPSA) is 120 Å². The molecule has 4 aromatic rings. The number of aromatic nitrogens is 2.